The van der Waals surface area contributed by atoms with E-state index in [2.05, 4.69) is 37.7 Å². The van der Waals surface area contributed by atoms with E-state index in [1.165, 1.54) is 155 Å². The molecule has 0 unspecified atom stereocenters. The predicted octanol–water partition coefficient (Wildman–Crippen LogP) is 9.39. The highest BCUT2D eigenvalue weighted by Gasteiger charge is 2.14. The first-order valence-electron chi connectivity index (χ1n) is 14.3. The van der Waals surface area contributed by atoms with Crippen molar-refractivity contribution in [1.82, 2.24) is 10.0 Å². The van der Waals surface area contributed by atoms with Crippen LogP contribution in [0.1, 0.15) is 156 Å². The van der Waals surface area contributed by atoms with Gasteiger partial charge in [-0.05, 0) is 25.7 Å². The van der Waals surface area contributed by atoms with Crippen LogP contribution in [0.5, 0.6) is 0 Å². The van der Waals surface area contributed by atoms with Gasteiger partial charge in [-0.15, -0.1) is 0 Å². The molecule has 0 amide bonds. The SMILES string of the molecule is CCCCCCCCN(CCCCCCCC)N(CCCCCC)CCCCCC. The summed E-state index contributed by atoms with van der Waals surface area (Å²) in [6.07, 6.45) is 28.0. The van der Waals surface area contributed by atoms with Crippen LogP contribution in [0, 0.1) is 0 Å². The van der Waals surface area contributed by atoms with Crippen LogP contribution in [-0.2, 0) is 0 Å². The molecule has 0 N–H and O–H groups in total. The zero-order chi connectivity index (χ0) is 22.1. The lowest BCUT2D eigenvalue weighted by molar-refractivity contribution is -0.0308. The number of nitrogens with zero attached hydrogens (tertiary/aromatic N) is 2. The fourth-order valence-electron chi connectivity index (χ4n) is 4.38. The van der Waals surface area contributed by atoms with E-state index in [0.717, 1.165) is 0 Å². The first-order valence-corrected chi connectivity index (χ1v) is 14.3. The van der Waals surface area contributed by atoms with Gasteiger partial charge >= 0.3 is 0 Å². The smallest absolute Gasteiger partial charge is 0.0133 e. The molecule has 0 saturated carbocycles. The van der Waals surface area contributed by atoms with E-state index < -0.39 is 0 Å². The molecule has 0 fully saturated rings. The van der Waals surface area contributed by atoms with E-state index in [9.17, 15) is 0 Å². The van der Waals surface area contributed by atoms with Crippen molar-refractivity contribution in [3.8, 4) is 0 Å². The Bertz CT molecular complexity index is 277. The molecule has 0 heterocycles. The van der Waals surface area contributed by atoms with Crippen LogP contribution in [-0.4, -0.2) is 36.2 Å². The van der Waals surface area contributed by atoms with Crippen LogP contribution >= 0.6 is 0 Å². The van der Waals surface area contributed by atoms with Gasteiger partial charge in [-0.2, -0.15) is 0 Å². The Kier molecular flexibility index (Phi) is 25.1. The van der Waals surface area contributed by atoms with E-state index in [1.54, 1.807) is 0 Å². The van der Waals surface area contributed by atoms with Gasteiger partial charge in [-0.25, -0.2) is 10.0 Å². The molecule has 0 radical (unpaired) electrons. The molecule has 0 rings (SSSR count). The molecule has 0 aromatic carbocycles. The predicted molar refractivity (Wildman–Crippen MR) is 138 cm³/mol. The highest BCUT2D eigenvalue weighted by Crippen LogP contribution is 2.14. The van der Waals surface area contributed by atoms with Gasteiger partial charge in [0.1, 0.15) is 0 Å². The summed E-state index contributed by atoms with van der Waals surface area (Å²) < 4.78 is 0. The van der Waals surface area contributed by atoms with Gasteiger partial charge in [-0.3, -0.25) is 0 Å². The number of unbranched alkanes of at least 4 members (excludes halogenated alkanes) is 16. The lowest BCUT2D eigenvalue weighted by Gasteiger charge is -2.35. The first-order chi connectivity index (χ1) is 14.8. The van der Waals surface area contributed by atoms with Gasteiger partial charge in [0.2, 0.25) is 0 Å². The quantitative estimate of drug-likeness (QED) is 0.106. The second kappa shape index (κ2) is 25.2. The summed E-state index contributed by atoms with van der Waals surface area (Å²) in [5, 5.41) is 5.57. The normalized spacial score (nSPS) is 11.8. The van der Waals surface area contributed by atoms with Gasteiger partial charge in [0.05, 0.1) is 0 Å². The van der Waals surface area contributed by atoms with Crippen molar-refractivity contribution in [2.24, 2.45) is 0 Å². The summed E-state index contributed by atoms with van der Waals surface area (Å²) in [4.78, 5) is 0. The average Bonchev–Trinajstić information content (AvgIpc) is 2.76. The molecule has 2 nitrogen and oxygen atoms in total. The van der Waals surface area contributed by atoms with Gasteiger partial charge in [0, 0.05) is 26.2 Å². The van der Waals surface area contributed by atoms with E-state index in [-0.39, 0.29) is 0 Å². The zero-order valence-corrected chi connectivity index (χ0v) is 21.9. The molecule has 182 valence electrons. The number of hydrogen-bond acceptors (Lipinski definition) is 2. The molecule has 0 spiro atoms. The lowest BCUT2D eigenvalue weighted by Crippen LogP contribution is -2.45. The highest BCUT2D eigenvalue weighted by atomic mass is 15.6. The Hall–Kier alpha value is -0.0800. The summed E-state index contributed by atoms with van der Waals surface area (Å²) in [7, 11) is 0. The van der Waals surface area contributed by atoms with Crippen molar-refractivity contribution < 1.29 is 0 Å². The minimum atomic E-state index is 1.29. The molecule has 30 heavy (non-hydrogen) atoms. The Morgan fingerprint density at radius 1 is 0.267 bits per heavy atom. The van der Waals surface area contributed by atoms with Gasteiger partial charge in [0.25, 0.3) is 0 Å². The standard InChI is InChI=1S/C28H60N2/c1-5-9-13-17-19-23-27-30(28-24-20-18-14-10-6-2)29(25-21-15-11-7-3)26-22-16-12-8-4/h5-28H2,1-4H3. The van der Waals surface area contributed by atoms with Crippen LogP contribution < -0.4 is 0 Å². The maximum atomic E-state index is 2.79. The second-order valence-electron chi connectivity index (χ2n) is 9.56. The summed E-state index contributed by atoms with van der Waals surface area (Å²) in [5.41, 5.74) is 0. The van der Waals surface area contributed by atoms with Gasteiger partial charge in [-0.1, -0.05) is 130 Å². The molecule has 0 saturated heterocycles. The molecule has 0 bridgehead atoms. The topological polar surface area (TPSA) is 6.48 Å². The lowest BCUT2D eigenvalue weighted by atomic mass is 10.1. The van der Waals surface area contributed by atoms with Crippen molar-refractivity contribution in [2.45, 2.75) is 156 Å². The van der Waals surface area contributed by atoms with Crippen LogP contribution in [0.2, 0.25) is 0 Å². The van der Waals surface area contributed by atoms with Crippen molar-refractivity contribution in [3.05, 3.63) is 0 Å². The van der Waals surface area contributed by atoms with Gasteiger partial charge in [0.15, 0.2) is 0 Å². The van der Waals surface area contributed by atoms with Crippen molar-refractivity contribution in [3.63, 3.8) is 0 Å². The number of rotatable bonds is 25. The molecule has 2 heteroatoms. The molecule has 0 aliphatic carbocycles. The van der Waals surface area contributed by atoms with Crippen LogP contribution in [0.15, 0.2) is 0 Å². The Labute approximate surface area is 192 Å². The molecular weight excluding hydrogens is 364 g/mol. The second-order valence-corrected chi connectivity index (χ2v) is 9.56. The van der Waals surface area contributed by atoms with E-state index in [0.29, 0.717) is 0 Å². The molecule has 0 aliphatic heterocycles. The molecule has 0 aliphatic rings. The first kappa shape index (κ1) is 29.9. The number of hydrazine groups is 1. The Balaban J connectivity index is 4.56. The zero-order valence-electron chi connectivity index (χ0n) is 21.9. The average molecular weight is 425 g/mol. The highest BCUT2D eigenvalue weighted by molar-refractivity contribution is 4.62. The summed E-state index contributed by atoms with van der Waals surface area (Å²) in [6.45, 7) is 14.5. The van der Waals surface area contributed by atoms with Crippen LogP contribution in [0.4, 0.5) is 0 Å². The number of hydrogen-bond donors (Lipinski definition) is 0. The monoisotopic (exact) mass is 424 g/mol. The maximum absolute atomic E-state index is 2.79. The van der Waals surface area contributed by atoms with Crippen molar-refractivity contribution >= 4 is 0 Å². The van der Waals surface area contributed by atoms with E-state index >= 15 is 0 Å². The third kappa shape index (κ3) is 19.9. The Morgan fingerprint density at radius 3 is 0.733 bits per heavy atom. The maximum Gasteiger partial charge on any atom is 0.0133 e. The molecule has 0 aromatic heterocycles. The third-order valence-corrected chi connectivity index (χ3v) is 6.48. The Morgan fingerprint density at radius 2 is 0.467 bits per heavy atom. The summed E-state index contributed by atoms with van der Waals surface area (Å²) in [6, 6.07) is 0. The minimum absolute atomic E-state index is 1.29. The summed E-state index contributed by atoms with van der Waals surface area (Å²) in [5.74, 6) is 0. The third-order valence-electron chi connectivity index (χ3n) is 6.48. The van der Waals surface area contributed by atoms with E-state index in [1.807, 2.05) is 0 Å². The fourth-order valence-corrected chi connectivity index (χ4v) is 4.38. The largest absolute Gasteiger partial charge is 0.242 e. The van der Waals surface area contributed by atoms with E-state index in [4.69, 9.17) is 0 Å². The van der Waals surface area contributed by atoms with Crippen molar-refractivity contribution in [2.75, 3.05) is 26.2 Å². The molecular formula is C28H60N2. The van der Waals surface area contributed by atoms with Crippen molar-refractivity contribution in [1.29, 1.82) is 0 Å². The van der Waals surface area contributed by atoms with Crippen LogP contribution in [0.25, 0.3) is 0 Å². The van der Waals surface area contributed by atoms with Crippen LogP contribution in [0.3, 0.4) is 0 Å². The summed E-state index contributed by atoms with van der Waals surface area (Å²) >= 11 is 0. The van der Waals surface area contributed by atoms with Gasteiger partial charge < -0.3 is 0 Å². The minimum Gasteiger partial charge on any atom is -0.242 e. The molecule has 0 aromatic rings. The fraction of sp³-hybridized carbons (Fsp3) is 1.00. The molecule has 0 atom stereocenters.